The molecule has 1 aromatic rings. The van der Waals surface area contributed by atoms with Crippen LogP contribution in [0.1, 0.15) is 32.3 Å². The molecule has 2 aliphatic heterocycles. The maximum atomic E-state index is 12.3. The summed E-state index contributed by atoms with van der Waals surface area (Å²) in [4.78, 5) is 14.7. The van der Waals surface area contributed by atoms with E-state index in [1.54, 1.807) is 0 Å². The molecule has 2 saturated heterocycles. The van der Waals surface area contributed by atoms with Crippen molar-refractivity contribution in [1.82, 2.24) is 10.2 Å². The van der Waals surface area contributed by atoms with Crippen molar-refractivity contribution in [3.63, 3.8) is 0 Å². The van der Waals surface area contributed by atoms with Crippen LogP contribution < -0.4 is 10.1 Å². The zero-order valence-electron chi connectivity index (χ0n) is 14.7. The van der Waals surface area contributed by atoms with Crippen LogP contribution in [0.3, 0.4) is 0 Å². The van der Waals surface area contributed by atoms with E-state index in [0.717, 1.165) is 25.3 Å². The van der Waals surface area contributed by atoms with Gasteiger partial charge in [-0.25, -0.2) is 0 Å². The van der Waals surface area contributed by atoms with E-state index in [-0.39, 0.29) is 18.1 Å². The number of nitrogens with zero attached hydrogens (tertiary/aromatic N) is 1. The first kappa shape index (κ1) is 17.2. The van der Waals surface area contributed by atoms with Crippen LogP contribution in [-0.4, -0.2) is 55.3 Å². The Morgan fingerprint density at radius 2 is 2.17 bits per heavy atom. The van der Waals surface area contributed by atoms with E-state index in [0.29, 0.717) is 19.2 Å². The fourth-order valence-electron chi connectivity index (χ4n) is 3.43. The van der Waals surface area contributed by atoms with Gasteiger partial charge >= 0.3 is 0 Å². The second-order valence-corrected chi connectivity index (χ2v) is 6.96. The standard InChI is InChI=1S/C19H28N2O3/c1-14(2)24-17-7-5-15(6-8-17)9-10-20-19(22)18-12-21-11-3-4-16(21)13-23-18/h5-8,14,16,18H,3-4,9-13H2,1-2H3,(H,20,22)/t16-,18-/m1/s1. The molecule has 2 aliphatic rings. The molecule has 2 fully saturated rings. The normalized spacial score (nSPS) is 24.0. The lowest BCUT2D eigenvalue weighted by molar-refractivity contribution is -0.140. The van der Waals surface area contributed by atoms with E-state index in [1.165, 1.54) is 18.4 Å². The second-order valence-electron chi connectivity index (χ2n) is 6.96. The Morgan fingerprint density at radius 1 is 1.38 bits per heavy atom. The van der Waals surface area contributed by atoms with Gasteiger partial charge in [-0.3, -0.25) is 9.69 Å². The Kier molecular flexibility index (Phi) is 5.74. The lowest BCUT2D eigenvalue weighted by Gasteiger charge is -2.34. The molecule has 0 unspecified atom stereocenters. The van der Waals surface area contributed by atoms with Crippen LogP contribution in [0.5, 0.6) is 5.75 Å². The zero-order valence-corrected chi connectivity index (χ0v) is 14.7. The quantitative estimate of drug-likeness (QED) is 0.866. The highest BCUT2D eigenvalue weighted by Crippen LogP contribution is 2.22. The van der Waals surface area contributed by atoms with Crippen molar-refractivity contribution < 1.29 is 14.3 Å². The van der Waals surface area contributed by atoms with Crippen molar-refractivity contribution in [2.75, 3.05) is 26.2 Å². The van der Waals surface area contributed by atoms with E-state index < -0.39 is 0 Å². The molecule has 1 N–H and O–H groups in total. The monoisotopic (exact) mass is 332 g/mol. The number of hydrogen-bond donors (Lipinski definition) is 1. The summed E-state index contributed by atoms with van der Waals surface area (Å²) in [5, 5.41) is 3.01. The highest BCUT2D eigenvalue weighted by molar-refractivity contribution is 5.81. The minimum atomic E-state index is -0.318. The zero-order chi connectivity index (χ0) is 16.9. The number of ether oxygens (including phenoxy) is 2. The molecule has 2 heterocycles. The van der Waals surface area contributed by atoms with Gasteiger partial charge in [0.1, 0.15) is 11.9 Å². The van der Waals surface area contributed by atoms with Crippen molar-refractivity contribution in [2.45, 2.75) is 51.4 Å². The molecular weight excluding hydrogens is 304 g/mol. The smallest absolute Gasteiger partial charge is 0.250 e. The van der Waals surface area contributed by atoms with Gasteiger partial charge in [-0.05, 0) is 57.4 Å². The fourth-order valence-corrected chi connectivity index (χ4v) is 3.43. The lowest BCUT2D eigenvalue weighted by atomic mass is 10.1. The van der Waals surface area contributed by atoms with Gasteiger partial charge < -0.3 is 14.8 Å². The van der Waals surface area contributed by atoms with Crippen LogP contribution in [-0.2, 0) is 16.0 Å². The molecule has 1 amide bonds. The van der Waals surface area contributed by atoms with E-state index in [9.17, 15) is 4.79 Å². The fraction of sp³-hybridized carbons (Fsp3) is 0.632. The molecule has 5 nitrogen and oxygen atoms in total. The maximum Gasteiger partial charge on any atom is 0.250 e. The molecule has 0 aromatic heterocycles. The average molecular weight is 332 g/mol. The number of morpholine rings is 1. The number of carbonyl (C=O) groups is 1. The van der Waals surface area contributed by atoms with Gasteiger partial charge in [-0.15, -0.1) is 0 Å². The molecule has 24 heavy (non-hydrogen) atoms. The molecule has 132 valence electrons. The third kappa shape index (κ3) is 4.48. The molecule has 0 radical (unpaired) electrons. The number of rotatable bonds is 6. The van der Waals surface area contributed by atoms with Crippen molar-refractivity contribution in [3.05, 3.63) is 29.8 Å². The van der Waals surface area contributed by atoms with Gasteiger partial charge in [0.2, 0.25) is 5.91 Å². The van der Waals surface area contributed by atoms with Crippen LogP contribution in [0, 0.1) is 0 Å². The molecule has 0 saturated carbocycles. The molecule has 0 aliphatic carbocycles. The summed E-state index contributed by atoms with van der Waals surface area (Å²) < 4.78 is 11.4. The Labute approximate surface area is 144 Å². The lowest BCUT2D eigenvalue weighted by Crippen LogP contribution is -2.52. The first-order chi connectivity index (χ1) is 11.6. The van der Waals surface area contributed by atoms with Crippen molar-refractivity contribution in [3.8, 4) is 5.75 Å². The predicted molar refractivity (Wildman–Crippen MR) is 93.3 cm³/mol. The molecule has 1 aromatic carbocycles. The summed E-state index contributed by atoms with van der Waals surface area (Å²) in [6.07, 6.45) is 3.10. The number of amides is 1. The summed E-state index contributed by atoms with van der Waals surface area (Å²) in [5.74, 6) is 0.897. The van der Waals surface area contributed by atoms with E-state index in [4.69, 9.17) is 9.47 Å². The van der Waals surface area contributed by atoms with E-state index in [1.807, 2.05) is 26.0 Å². The average Bonchev–Trinajstić information content (AvgIpc) is 3.03. The first-order valence-corrected chi connectivity index (χ1v) is 9.01. The van der Waals surface area contributed by atoms with Gasteiger partial charge in [-0.2, -0.15) is 0 Å². The minimum absolute atomic E-state index is 0.0140. The van der Waals surface area contributed by atoms with Crippen molar-refractivity contribution in [1.29, 1.82) is 0 Å². The van der Waals surface area contributed by atoms with Crippen LogP contribution >= 0.6 is 0 Å². The van der Waals surface area contributed by atoms with Gasteiger partial charge in [-0.1, -0.05) is 12.1 Å². The number of fused-ring (bicyclic) bond motifs is 1. The summed E-state index contributed by atoms with van der Waals surface area (Å²) in [7, 11) is 0. The Bertz CT molecular complexity index is 544. The first-order valence-electron chi connectivity index (χ1n) is 9.01. The van der Waals surface area contributed by atoms with Crippen molar-refractivity contribution >= 4 is 5.91 Å². The molecule has 0 bridgehead atoms. The summed E-state index contributed by atoms with van der Waals surface area (Å²) in [5.41, 5.74) is 1.19. The number of hydrogen-bond acceptors (Lipinski definition) is 4. The summed E-state index contributed by atoms with van der Waals surface area (Å²) in [6.45, 7) is 7.19. The molecule has 5 heteroatoms. The highest BCUT2D eigenvalue weighted by atomic mass is 16.5. The van der Waals surface area contributed by atoms with Crippen LogP contribution in [0.15, 0.2) is 24.3 Å². The van der Waals surface area contributed by atoms with E-state index in [2.05, 4.69) is 22.3 Å². The third-order valence-electron chi connectivity index (χ3n) is 4.69. The highest BCUT2D eigenvalue weighted by Gasteiger charge is 2.35. The molecule has 3 rings (SSSR count). The summed E-state index contributed by atoms with van der Waals surface area (Å²) >= 11 is 0. The number of benzene rings is 1. The third-order valence-corrected chi connectivity index (χ3v) is 4.69. The Hall–Kier alpha value is -1.59. The molecular formula is C19H28N2O3. The second kappa shape index (κ2) is 7.99. The van der Waals surface area contributed by atoms with Crippen LogP contribution in [0.2, 0.25) is 0 Å². The van der Waals surface area contributed by atoms with Gasteiger partial charge in [0, 0.05) is 19.1 Å². The number of nitrogens with one attached hydrogen (secondary N) is 1. The van der Waals surface area contributed by atoms with Crippen molar-refractivity contribution in [2.24, 2.45) is 0 Å². The largest absolute Gasteiger partial charge is 0.491 e. The Morgan fingerprint density at radius 3 is 2.92 bits per heavy atom. The molecule has 0 spiro atoms. The SMILES string of the molecule is CC(C)Oc1ccc(CCNC(=O)[C@H]2CN3CCC[C@@H]3CO2)cc1. The van der Waals surface area contributed by atoms with Crippen LogP contribution in [0.25, 0.3) is 0 Å². The van der Waals surface area contributed by atoms with Gasteiger partial charge in [0.05, 0.1) is 12.7 Å². The number of carbonyl (C=O) groups excluding carboxylic acids is 1. The van der Waals surface area contributed by atoms with E-state index >= 15 is 0 Å². The van der Waals surface area contributed by atoms with Gasteiger partial charge in [0.15, 0.2) is 0 Å². The van der Waals surface area contributed by atoms with Crippen LogP contribution in [0.4, 0.5) is 0 Å². The van der Waals surface area contributed by atoms with Gasteiger partial charge in [0.25, 0.3) is 0 Å². The summed E-state index contributed by atoms with van der Waals surface area (Å²) in [6, 6.07) is 8.59. The maximum absolute atomic E-state index is 12.3. The minimum Gasteiger partial charge on any atom is -0.491 e. The Balaban J connectivity index is 1.40. The predicted octanol–water partition coefficient (Wildman–Crippen LogP) is 2.00. The molecule has 2 atom stereocenters. The topological polar surface area (TPSA) is 50.8 Å².